The highest BCUT2D eigenvalue weighted by atomic mass is 35.5. The molecule has 1 aromatic rings. The third-order valence-electron chi connectivity index (χ3n) is 5.04. The summed E-state index contributed by atoms with van der Waals surface area (Å²) in [4.78, 5) is 39.0. The Bertz CT molecular complexity index is 794. The maximum atomic E-state index is 13.3. The van der Waals surface area contributed by atoms with Gasteiger partial charge in [-0.15, -0.1) is 0 Å². The highest BCUT2D eigenvalue weighted by Gasteiger charge is 2.37. The number of rotatable bonds is 7. The van der Waals surface area contributed by atoms with Crippen molar-refractivity contribution in [1.29, 1.82) is 0 Å². The van der Waals surface area contributed by atoms with E-state index in [4.69, 9.17) is 28.4 Å². The maximum absolute atomic E-state index is 13.3. The van der Waals surface area contributed by atoms with Gasteiger partial charge in [0.25, 0.3) is 5.91 Å². The van der Waals surface area contributed by atoms with Crippen LogP contribution in [0.5, 0.6) is 0 Å². The van der Waals surface area contributed by atoms with E-state index in [-0.39, 0.29) is 11.6 Å². The Morgan fingerprint density at radius 2 is 1.90 bits per heavy atom. The Morgan fingerprint density at radius 1 is 1.23 bits per heavy atom. The molecule has 4 N–H and O–H groups in total. The molecule has 0 aromatic heterocycles. The van der Waals surface area contributed by atoms with Crippen LogP contribution in [-0.2, 0) is 9.59 Å². The molecule has 0 bridgehead atoms. The van der Waals surface area contributed by atoms with Crippen LogP contribution in [0, 0.1) is 11.3 Å². The molecule has 0 radical (unpaired) electrons. The Hall–Kier alpha value is -2.03. The second-order valence-electron chi connectivity index (χ2n) is 8.57. The average Bonchev–Trinajstić information content (AvgIpc) is 2.62. The molecule has 0 heterocycles. The van der Waals surface area contributed by atoms with Gasteiger partial charge in [-0.2, -0.15) is 0 Å². The Labute approximate surface area is 186 Å². The first-order valence-electron chi connectivity index (χ1n) is 9.75. The van der Waals surface area contributed by atoms with Gasteiger partial charge in [0.1, 0.15) is 12.6 Å². The van der Waals surface area contributed by atoms with Gasteiger partial charge in [-0.25, -0.2) is 10.3 Å². The third kappa shape index (κ3) is 6.75. The van der Waals surface area contributed by atoms with E-state index >= 15 is 0 Å². The van der Waals surface area contributed by atoms with E-state index in [0.29, 0.717) is 23.2 Å². The number of anilines is 1. The number of nitrogens with zero attached hydrogens (tertiary/aromatic N) is 1. The van der Waals surface area contributed by atoms with Gasteiger partial charge in [0.2, 0.25) is 5.91 Å². The fraction of sp³-hybridized carbons (Fsp3) is 0.550. The number of hydroxylamine groups is 1. The van der Waals surface area contributed by atoms with Crippen molar-refractivity contribution in [2.24, 2.45) is 11.3 Å². The molecular weight excluding hydrogens is 431 g/mol. The number of hydrogen-bond donors (Lipinski definition) is 4. The van der Waals surface area contributed by atoms with Crippen LogP contribution >= 0.6 is 23.2 Å². The minimum atomic E-state index is -0.907. The Morgan fingerprint density at radius 3 is 2.40 bits per heavy atom. The largest absolute Gasteiger partial charge is 0.331 e. The number of halogens is 2. The van der Waals surface area contributed by atoms with E-state index in [2.05, 4.69) is 10.6 Å². The topological polar surface area (TPSA) is 111 Å². The summed E-state index contributed by atoms with van der Waals surface area (Å²) in [5.41, 5.74) is 1.28. The van der Waals surface area contributed by atoms with Crippen LogP contribution in [-0.4, -0.2) is 47.1 Å². The standard InChI is InChI=1S/C20H28Cl2N4O4/c1-20(2,3)17(24-19(29)23-15-8-7-13(21)9-14(15)22)18(28)26(11-16(27)25-30)10-12-5-4-6-12/h7-9,12,17,30H,4-6,10-11H2,1-3H3,(H,25,27)(H2,23,24,29)/t17-/m1/s1. The summed E-state index contributed by atoms with van der Waals surface area (Å²) in [6, 6.07) is 3.13. The van der Waals surface area contributed by atoms with Crippen LogP contribution in [0.1, 0.15) is 40.0 Å². The molecule has 1 fully saturated rings. The predicted octanol–water partition coefficient (Wildman–Crippen LogP) is 3.66. The normalized spacial score (nSPS) is 15.0. The van der Waals surface area contributed by atoms with Gasteiger partial charge in [-0.05, 0) is 42.4 Å². The van der Waals surface area contributed by atoms with Crippen LogP contribution in [0.15, 0.2) is 18.2 Å². The van der Waals surface area contributed by atoms with Crippen LogP contribution in [0.4, 0.5) is 10.5 Å². The van der Waals surface area contributed by atoms with Crippen molar-refractivity contribution in [2.75, 3.05) is 18.4 Å². The highest BCUT2D eigenvalue weighted by molar-refractivity contribution is 6.36. The fourth-order valence-corrected chi connectivity index (χ4v) is 3.60. The van der Waals surface area contributed by atoms with Gasteiger partial charge in [-0.1, -0.05) is 50.4 Å². The van der Waals surface area contributed by atoms with E-state index in [1.165, 1.54) is 11.0 Å². The van der Waals surface area contributed by atoms with Crippen LogP contribution in [0.2, 0.25) is 10.0 Å². The number of carbonyl (C=O) groups is 3. The summed E-state index contributed by atoms with van der Waals surface area (Å²) in [6.45, 7) is 5.56. The molecule has 30 heavy (non-hydrogen) atoms. The molecule has 1 aromatic carbocycles. The monoisotopic (exact) mass is 458 g/mol. The number of nitrogens with one attached hydrogen (secondary N) is 3. The van der Waals surface area contributed by atoms with Crippen molar-refractivity contribution in [2.45, 2.75) is 46.1 Å². The first-order valence-corrected chi connectivity index (χ1v) is 10.5. The van der Waals surface area contributed by atoms with Crippen LogP contribution < -0.4 is 16.1 Å². The summed E-state index contributed by atoms with van der Waals surface area (Å²) >= 11 is 12.0. The van der Waals surface area contributed by atoms with Gasteiger partial charge in [0.15, 0.2) is 0 Å². The number of carbonyl (C=O) groups excluding carboxylic acids is 3. The molecule has 166 valence electrons. The van der Waals surface area contributed by atoms with Crippen molar-refractivity contribution >= 4 is 46.7 Å². The fourth-order valence-electron chi connectivity index (χ4n) is 3.14. The lowest BCUT2D eigenvalue weighted by atomic mass is 9.83. The minimum absolute atomic E-state index is 0.266. The molecule has 0 spiro atoms. The molecule has 4 amide bonds. The molecule has 8 nitrogen and oxygen atoms in total. The number of hydrogen-bond acceptors (Lipinski definition) is 4. The molecule has 1 aliphatic carbocycles. The lowest BCUT2D eigenvalue weighted by Crippen LogP contribution is -2.57. The van der Waals surface area contributed by atoms with Crippen molar-refractivity contribution in [1.82, 2.24) is 15.7 Å². The van der Waals surface area contributed by atoms with Crippen molar-refractivity contribution < 1.29 is 19.6 Å². The molecule has 0 saturated heterocycles. The highest BCUT2D eigenvalue weighted by Crippen LogP contribution is 2.29. The lowest BCUT2D eigenvalue weighted by Gasteiger charge is -2.37. The smallest absolute Gasteiger partial charge is 0.319 e. The second-order valence-corrected chi connectivity index (χ2v) is 9.42. The zero-order chi connectivity index (χ0) is 22.5. The van der Waals surface area contributed by atoms with E-state index in [1.807, 2.05) is 20.8 Å². The maximum Gasteiger partial charge on any atom is 0.319 e. The van der Waals surface area contributed by atoms with Crippen molar-refractivity contribution in [3.63, 3.8) is 0 Å². The van der Waals surface area contributed by atoms with E-state index < -0.39 is 29.3 Å². The van der Waals surface area contributed by atoms with E-state index in [9.17, 15) is 14.4 Å². The van der Waals surface area contributed by atoms with Gasteiger partial charge in [0, 0.05) is 11.6 Å². The zero-order valence-electron chi connectivity index (χ0n) is 17.3. The molecular formula is C20H28Cl2N4O4. The molecule has 1 atom stereocenters. The van der Waals surface area contributed by atoms with Crippen molar-refractivity contribution in [3.8, 4) is 0 Å². The second kappa shape index (κ2) is 10.3. The third-order valence-corrected chi connectivity index (χ3v) is 5.59. The Kier molecular flexibility index (Phi) is 8.34. The first-order chi connectivity index (χ1) is 14.0. The van der Waals surface area contributed by atoms with Gasteiger partial charge in [-0.3, -0.25) is 14.8 Å². The van der Waals surface area contributed by atoms with E-state index in [0.717, 1.165) is 19.3 Å². The van der Waals surface area contributed by atoms with Gasteiger partial charge >= 0.3 is 6.03 Å². The number of benzene rings is 1. The van der Waals surface area contributed by atoms with Crippen LogP contribution in [0.3, 0.4) is 0 Å². The summed E-state index contributed by atoms with van der Waals surface area (Å²) in [6.07, 6.45) is 3.05. The number of amides is 4. The van der Waals surface area contributed by atoms with Gasteiger partial charge in [0.05, 0.1) is 10.7 Å². The van der Waals surface area contributed by atoms with Crippen LogP contribution in [0.25, 0.3) is 0 Å². The summed E-state index contributed by atoms with van der Waals surface area (Å²) in [7, 11) is 0. The molecule has 0 unspecified atom stereocenters. The van der Waals surface area contributed by atoms with Gasteiger partial charge < -0.3 is 15.5 Å². The first kappa shape index (κ1) is 24.2. The van der Waals surface area contributed by atoms with Crippen molar-refractivity contribution in [3.05, 3.63) is 28.2 Å². The average molecular weight is 459 g/mol. The minimum Gasteiger partial charge on any atom is -0.331 e. The van der Waals surface area contributed by atoms with E-state index in [1.54, 1.807) is 17.6 Å². The SMILES string of the molecule is CC(C)(C)[C@H](NC(=O)Nc1ccc(Cl)cc1Cl)C(=O)N(CC(=O)NO)CC1CCC1. The molecule has 1 saturated carbocycles. The molecule has 0 aliphatic heterocycles. The summed E-state index contributed by atoms with van der Waals surface area (Å²) < 4.78 is 0. The molecule has 1 aliphatic rings. The zero-order valence-corrected chi connectivity index (χ0v) is 18.8. The Balaban J connectivity index is 2.15. The predicted molar refractivity (Wildman–Crippen MR) is 116 cm³/mol. The quantitative estimate of drug-likeness (QED) is 0.368. The lowest BCUT2D eigenvalue weighted by molar-refractivity contribution is -0.143. The summed E-state index contributed by atoms with van der Waals surface area (Å²) in [5.74, 6) is -0.772. The number of urea groups is 1. The molecule has 10 heteroatoms. The summed E-state index contributed by atoms with van der Waals surface area (Å²) in [5, 5.41) is 14.9. The molecule has 2 rings (SSSR count).